The molecule has 0 unspecified atom stereocenters. The highest BCUT2D eigenvalue weighted by Gasteiger charge is 2.11. The van der Waals surface area contributed by atoms with Gasteiger partial charge in [-0.15, -0.1) is 0 Å². The lowest BCUT2D eigenvalue weighted by molar-refractivity contribution is -0.120. The number of methoxy groups -OCH3 is 2. The SMILES string of the molecule is COc1ccc(CNC(=O)C(C#N)=Cc2ccc(OCC(N)=O)c(OC)c2)cc1. The molecule has 3 N–H and O–H groups in total. The van der Waals surface area contributed by atoms with Crippen LogP contribution in [0, 0.1) is 11.3 Å². The van der Waals surface area contributed by atoms with Crippen molar-refractivity contribution in [1.82, 2.24) is 5.32 Å². The van der Waals surface area contributed by atoms with E-state index >= 15 is 0 Å². The van der Waals surface area contributed by atoms with E-state index in [1.54, 1.807) is 37.4 Å². The van der Waals surface area contributed by atoms with Crippen LogP contribution < -0.4 is 25.3 Å². The Morgan fingerprint density at radius 3 is 2.41 bits per heavy atom. The molecule has 0 aliphatic carbocycles. The number of carbonyl (C=O) groups is 2. The lowest BCUT2D eigenvalue weighted by atomic mass is 10.1. The van der Waals surface area contributed by atoms with Crippen molar-refractivity contribution in [2.45, 2.75) is 6.54 Å². The zero-order valence-electron chi connectivity index (χ0n) is 16.1. The zero-order valence-corrected chi connectivity index (χ0v) is 16.1. The molecule has 0 saturated heterocycles. The van der Waals surface area contributed by atoms with E-state index < -0.39 is 11.8 Å². The summed E-state index contributed by atoms with van der Waals surface area (Å²) < 4.78 is 15.6. The number of carbonyl (C=O) groups excluding carboxylic acids is 2. The fourth-order valence-electron chi connectivity index (χ4n) is 2.38. The number of rotatable bonds is 9. The van der Waals surface area contributed by atoms with Crippen LogP contribution in [0.15, 0.2) is 48.0 Å². The van der Waals surface area contributed by atoms with Gasteiger partial charge in [0.1, 0.15) is 17.4 Å². The van der Waals surface area contributed by atoms with Gasteiger partial charge in [0, 0.05) is 6.54 Å². The van der Waals surface area contributed by atoms with Crippen LogP contribution in [0.2, 0.25) is 0 Å². The van der Waals surface area contributed by atoms with Gasteiger partial charge in [0.05, 0.1) is 14.2 Å². The van der Waals surface area contributed by atoms with Crippen molar-refractivity contribution in [3.05, 3.63) is 59.2 Å². The van der Waals surface area contributed by atoms with Crippen LogP contribution in [-0.4, -0.2) is 32.6 Å². The largest absolute Gasteiger partial charge is 0.497 e. The normalized spacial score (nSPS) is 10.6. The minimum Gasteiger partial charge on any atom is -0.497 e. The minimum absolute atomic E-state index is 0.0635. The highest BCUT2D eigenvalue weighted by atomic mass is 16.5. The van der Waals surface area contributed by atoms with E-state index in [0.717, 1.165) is 11.3 Å². The van der Waals surface area contributed by atoms with Gasteiger partial charge >= 0.3 is 0 Å². The molecule has 8 nitrogen and oxygen atoms in total. The molecule has 2 aromatic rings. The molecule has 0 fully saturated rings. The first-order valence-electron chi connectivity index (χ1n) is 8.59. The molecule has 2 aromatic carbocycles. The second kappa shape index (κ2) is 10.4. The molecular formula is C21H21N3O5. The lowest BCUT2D eigenvalue weighted by Gasteiger charge is -2.10. The molecule has 0 bridgehead atoms. The van der Waals surface area contributed by atoms with Crippen molar-refractivity contribution in [2.24, 2.45) is 5.73 Å². The summed E-state index contributed by atoms with van der Waals surface area (Å²) in [5, 5.41) is 12.0. The molecule has 0 spiro atoms. The maximum absolute atomic E-state index is 12.3. The Kier molecular flexibility index (Phi) is 7.62. The highest BCUT2D eigenvalue weighted by Crippen LogP contribution is 2.29. The number of benzene rings is 2. The molecular weight excluding hydrogens is 374 g/mol. The molecule has 0 heterocycles. The van der Waals surface area contributed by atoms with Gasteiger partial charge in [0.2, 0.25) is 0 Å². The maximum Gasteiger partial charge on any atom is 0.262 e. The molecule has 150 valence electrons. The average Bonchev–Trinajstić information content (AvgIpc) is 2.74. The quantitative estimate of drug-likeness (QED) is 0.493. The van der Waals surface area contributed by atoms with Crippen LogP contribution in [0.1, 0.15) is 11.1 Å². The summed E-state index contributed by atoms with van der Waals surface area (Å²) in [5.41, 5.74) is 6.43. The third-order valence-electron chi connectivity index (χ3n) is 3.85. The molecule has 2 amide bonds. The number of hydrogen-bond donors (Lipinski definition) is 2. The molecule has 0 radical (unpaired) electrons. The Labute approximate surface area is 168 Å². The Morgan fingerprint density at radius 2 is 1.83 bits per heavy atom. The summed E-state index contributed by atoms with van der Waals surface area (Å²) in [4.78, 5) is 23.2. The fraction of sp³-hybridized carbons (Fsp3) is 0.190. The number of ether oxygens (including phenoxy) is 3. The Balaban J connectivity index is 2.09. The summed E-state index contributed by atoms with van der Waals surface area (Å²) in [6, 6.07) is 13.9. The van der Waals surface area contributed by atoms with Crippen molar-refractivity contribution in [1.29, 1.82) is 5.26 Å². The van der Waals surface area contributed by atoms with Gasteiger partial charge in [0.15, 0.2) is 18.1 Å². The summed E-state index contributed by atoms with van der Waals surface area (Å²) in [6.45, 7) is -0.0200. The second-order valence-corrected chi connectivity index (χ2v) is 5.87. The fourth-order valence-corrected chi connectivity index (χ4v) is 2.38. The summed E-state index contributed by atoms with van der Waals surface area (Å²) in [6.07, 6.45) is 1.43. The highest BCUT2D eigenvalue weighted by molar-refractivity contribution is 6.01. The number of hydrogen-bond acceptors (Lipinski definition) is 6. The number of primary amides is 1. The molecule has 29 heavy (non-hydrogen) atoms. The first-order valence-corrected chi connectivity index (χ1v) is 8.59. The van der Waals surface area contributed by atoms with Crippen LogP contribution in [0.5, 0.6) is 17.2 Å². The van der Waals surface area contributed by atoms with Gasteiger partial charge in [-0.25, -0.2) is 0 Å². The Morgan fingerprint density at radius 1 is 1.10 bits per heavy atom. The number of amides is 2. The standard InChI is InChI=1S/C21H21N3O5/c1-27-17-6-3-14(4-7-17)12-24-21(26)16(11-22)9-15-5-8-18(19(10-15)28-2)29-13-20(23)25/h3-10H,12-13H2,1-2H3,(H2,23,25)(H,24,26). The molecule has 8 heteroatoms. The van der Waals surface area contributed by atoms with Crippen molar-refractivity contribution in [2.75, 3.05) is 20.8 Å². The van der Waals surface area contributed by atoms with Crippen LogP contribution in [0.4, 0.5) is 0 Å². The van der Waals surface area contributed by atoms with Crippen LogP contribution in [0.25, 0.3) is 6.08 Å². The van der Waals surface area contributed by atoms with Gasteiger partial charge in [-0.2, -0.15) is 5.26 Å². The number of nitrogens with zero attached hydrogens (tertiary/aromatic N) is 1. The zero-order chi connectivity index (χ0) is 21.2. The number of nitriles is 1. The van der Waals surface area contributed by atoms with Gasteiger partial charge < -0.3 is 25.3 Å². The summed E-state index contributed by atoms with van der Waals surface area (Å²) in [5.74, 6) is 0.268. The van der Waals surface area contributed by atoms with E-state index in [1.165, 1.54) is 13.2 Å². The van der Waals surface area contributed by atoms with Crippen LogP contribution >= 0.6 is 0 Å². The lowest BCUT2D eigenvalue weighted by Crippen LogP contribution is -2.23. The summed E-state index contributed by atoms with van der Waals surface area (Å²) >= 11 is 0. The molecule has 0 aromatic heterocycles. The van der Waals surface area contributed by atoms with Crippen molar-refractivity contribution in [3.63, 3.8) is 0 Å². The van der Waals surface area contributed by atoms with Crippen molar-refractivity contribution < 1.29 is 23.8 Å². The number of nitrogens with one attached hydrogen (secondary N) is 1. The van der Waals surface area contributed by atoms with Gasteiger partial charge in [0.25, 0.3) is 11.8 Å². The van der Waals surface area contributed by atoms with E-state index in [-0.39, 0.29) is 18.7 Å². The Bertz CT molecular complexity index is 946. The number of nitrogens with two attached hydrogens (primary N) is 1. The average molecular weight is 395 g/mol. The molecule has 0 aliphatic rings. The predicted octanol–water partition coefficient (Wildman–Crippen LogP) is 1.79. The molecule has 2 rings (SSSR count). The van der Waals surface area contributed by atoms with Gasteiger partial charge in [-0.05, 0) is 41.5 Å². The van der Waals surface area contributed by atoms with E-state index in [9.17, 15) is 14.9 Å². The maximum atomic E-state index is 12.3. The van der Waals surface area contributed by atoms with E-state index in [4.69, 9.17) is 19.9 Å². The molecule has 0 saturated carbocycles. The smallest absolute Gasteiger partial charge is 0.262 e. The van der Waals surface area contributed by atoms with E-state index in [2.05, 4.69) is 5.32 Å². The third-order valence-corrected chi connectivity index (χ3v) is 3.85. The minimum atomic E-state index is -0.615. The van der Waals surface area contributed by atoms with Crippen molar-refractivity contribution >= 4 is 17.9 Å². The summed E-state index contributed by atoms with van der Waals surface area (Å²) in [7, 11) is 3.01. The molecule has 0 aliphatic heterocycles. The first-order chi connectivity index (χ1) is 14.0. The molecule has 0 atom stereocenters. The van der Waals surface area contributed by atoms with E-state index in [1.807, 2.05) is 18.2 Å². The second-order valence-electron chi connectivity index (χ2n) is 5.87. The topological polar surface area (TPSA) is 124 Å². The van der Waals surface area contributed by atoms with Gasteiger partial charge in [-0.3, -0.25) is 9.59 Å². The van der Waals surface area contributed by atoms with Crippen molar-refractivity contribution in [3.8, 4) is 23.3 Å². The van der Waals surface area contributed by atoms with Crippen LogP contribution in [0.3, 0.4) is 0 Å². The Hall–Kier alpha value is -3.99. The van der Waals surface area contributed by atoms with Crippen LogP contribution in [-0.2, 0) is 16.1 Å². The third kappa shape index (κ3) is 6.29. The monoisotopic (exact) mass is 395 g/mol. The van der Waals surface area contributed by atoms with Gasteiger partial charge in [-0.1, -0.05) is 18.2 Å². The first kappa shape index (κ1) is 21.3. The predicted molar refractivity (Wildman–Crippen MR) is 106 cm³/mol. The van der Waals surface area contributed by atoms with E-state index in [0.29, 0.717) is 17.1 Å².